The van der Waals surface area contributed by atoms with Gasteiger partial charge in [0.1, 0.15) is 18.2 Å². The van der Waals surface area contributed by atoms with Gasteiger partial charge < -0.3 is 15.4 Å². The van der Waals surface area contributed by atoms with Gasteiger partial charge in [0, 0.05) is 25.8 Å². The van der Waals surface area contributed by atoms with E-state index in [1.165, 1.54) is 0 Å². The van der Waals surface area contributed by atoms with Gasteiger partial charge in [-0.3, -0.25) is 0 Å². The highest BCUT2D eigenvalue weighted by Crippen LogP contribution is 2.18. The highest BCUT2D eigenvalue weighted by Gasteiger charge is 2.15. The number of hydrogen-bond donors (Lipinski definition) is 1. The van der Waals surface area contributed by atoms with E-state index in [0.717, 1.165) is 12.4 Å². The fourth-order valence-corrected chi connectivity index (χ4v) is 1.81. The fourth-order valence-electron chi connectivity index (χ4n) is 1.81. The highest BCUT2D eigenvalue weighted by molar-refractivity contribution is 5.47. The van der Waals surface area contributed by atoms with Crippen LogP contribution in [0.3, 0.4) is 0 Å². The zero-order valence-corrected chi connectivity index (χ0v) is 12.0. The summed E-state index contributed by atoms with van der Waals surface area (Å²) in [6.45, 7) is 10.0. The second kappa shape index (κ2) is 6.54. The Bertz CT molecular complexity index is 379. The standard InChI is InChI=1S/C13H24N4O/c1-9(2)7-17(10(3)4)13-6-11(14)15-12(16-13)8-18-5/h6,9-10H,7-8H2,1-5H3,(H2,14,15,16). The van der Waals surface area contributed by atoms with Crippen LogP contribution in [0.1, 0.15) is 33.5 Å². The van der Waals surface area contributed by atoms with Crippen LogP contribution in [-0.2, 0) is 11.3 Å². The van der Waals surface area contributed by atoms with Crippen LogP contribution in [-0.4, -0.2) is 29.7 Å². The first-order valence-corrected chi connectivity index (χ1v) is 6.33. The number of rotatable bonds is 6. The van der Waals surface area contributed by atoms with Crippen molar-refractivity contribution < 1.29 is 4.74 Å². The predicted octanol–water partition coefficient (Wildman–Crippen LogP) is 2.08. The molecule has 0 aliphatic carbocycles. The van der Waals surface area contributed by atoms with Crippen LogP contribution in [0.2, 0.25) is 0 Å². The molecule has 0 aliphatic rings. The predicted molar refractivity (Wildman–Crippen MR) is 74.5 cm³/mol. The lowest BCUT2D eigenvalue weighted by Crippen LogP contribution is -2.35. The smallest absolute Gasteiger partial charge is 0.158 e. The minimum Gasteiger partial charge on any atom is -0.384 e. The van der Waals surface area contributed by atoms with Gasteiger partial charge in [-0.1, -0.05) is 13.8 Å². The minimum atomic E-state index is 0.372. The van der Waals surface area contributed by atoms with Crippen LogP contribution in [0.15, 0.2) is 6.07 Å². The number of aromatic nitrogens is 2. The van der Waals surface area contributed by atoms with Crippen molar-refractivity contribution in [3.8, 4) is 0 Å². The van der Waals surface area contributed by atoms with Crippen LogP contribution in [0.5, 0.6) is 0 Å². The molecular formula is C13H24N4O. The maximum Gasteiger partial charge on any atom is 0.158 e. The molecule has 18 heavy (non-hydrogen) atoms. The van der Waals surface area contributed by atoms with E-state index >= 15 is 0 Å². The molecule has 1 heterocycles. The number of hydrogen-bond acceptors (Lipinski definition) is 5. The first-order chi connectivity index (χ1) is 8.43. The van der Waals surface area contributed by atoms with Crippen molar-refractivity contribution in [2.75, 3.05) is 24.3 Å². The monoisotopic (exact) mass is 252 g/mol. The average Bonchev–Trinajstić information content (AvgIpc) is 2.24. The zero-order valence-electron chi connectivity index (χ0n) is 12.0. The quantitative estimate of drug-likeness (QED) is 0.839. The molecule has 0 aliphatic heterocycles. The van der Waals surface area contributed by atoms with Crippen LogP contribution in [0, 0.1) is 5.92 Å². The molecule has 0 saturated heterocycles. The summed E-state index contributed by atoms with van der Waals surface area (Å²) in [6.07, 6.45) is 0. The summed E-state index contributed by atoms with van der Waals surface area (Å²) in [5.74, 6) is 2.55. The maximum atomic E-state index is 5.83. The Morgan fingerprint density at radius 2 is 1.94 bits per heavy atom. The third kappa shape index (κ3) is 4.14. The Morgan fingerprint density at radius 1 is 1.28 bits per heavy atom. The number of nitrogen functional groups attached to an aromatic ring is 1. The van der Waals surface area contributed by atoms with E-state index in [9.17, 15) is 0 Å². The molecular weight excluding hydrogens is 228 g/mol. The first-order valence-electron chi connectivity index (χ1n) is 6.33. The van der Waals surface area contributed by atoms with Crippen molar-refractivity contribution in [1.29, 1.82) is 0 Å². The molecule has 1 aromatic rings. The Labute approximate surface area is 109 Å². The average molecular weight is 252 g/mol. The summed E-state index contributed by atoms with van der Waals surface area (Å²) in [4.78, 5) is 10.9. The van der Waals surface area contributed by atoms with Crippen LogP contribution in [0.25, 0.3) is 0 Å². The number of methoxy groups -OCH3 is 1. The SMILES string of the molecule is COCc1nc(N)cc(N(CC(C)C)C(C)C)n1. The summed E-state index contributed by atoms with van der Waals surface area (Å²) in [7, 11) is 1.63. The number of anilines is 2. The normalized spacial score (nSPS) is 11.3. The zero-order chi connectivity index (χ0) is 13.7. The van der Waals surface area contributed by atoms with Gasteiger partial charge >= 0.3 is 0 Å². The summed E-state index contributed by atoms with van der Waals surface area (Å²) in [5, 5.41) is 0. The second-order valence-corrected chi connectivity index (χ2v) is 5.14. The first kappa shape index (κ1) is 14.7. The van der Waals surface area contributed by atoms with Crippen molar-refractivity contribution in [2.24, 2.45) is 5.92 Å². The van der Waals surface area contributed by atoms with Gasteiger partial charge in [0.05, 0.1) is 0 Å². The lowest BCUT2D eigenvalue weighted by Gasteiger charge is -2.29. The van der Waals surface area contributed by atoms with Gasteiger partial charge in [0.25, 0.3) is 0 Å². The van der Waals surface area contributed by atoms with E-state index in [2.05, 4.69) is 42.6 Å². The van der Waals surface area contributed by atoms with E-state index in [4.69, 9.17) is 10.5 Å². The molecule has 1 rings (SSSR count). The highest BCUT2D eigenvalue weighted by atomic mass is 16.5. The van der Waals surface area contributed by atoms with Crippen molar-refractivity contribution in [3.05, 3.63) is 11.9 Å². The molecule has 0 fully saturated rings. The van der Waals surface area contributed by atoms with E-state index in [1.807, 2.05) is 6.07 Å². The molecule has 1 aromatic heterocycles. The van der Waals surface area contributed by atoms with E-state index in [-0.39, 0.29) is 0 Å². The Hall–Kier alpha value is -1.36. The summed E-state index contributed by atoms with van der Waals surface area (Å²) in [5.41, 5.74) is 5.83. The molecule has 0 amide bonds. The molecule has 5 nitrogen and oxygen atoms in total. The molecule has 102 valence electrons. The van der Waals surface area contributed by atoms with Gasteiger partial charge in [0.15, 0.2) is 5.82 Å². The molecule has 0 saturated carbocycles. The van der Waals surface area contributed by atoms with Gasteiger partial charge in [-0.25, -0.2) is 9.97 Å². The summed E-state index contributed by atoms with van der Waals surface area (Å²) < 4.78 is 5.06. The van der Waals surface area contributed by atoms with Crippen LogP contribution < -0.4 is 10.6 Å². The van der Waals surface area contributed by atoms with Gasteiger partial charge in [-0.2, -0.15) is 0 Å². The lowest BCUT2D eigenvalue weighted by atomic mass is 10.2. The Kier molecular flexibility index (Phi) is 5.34. The Morgan fingerprint density at radius 3 is 2.44 bits per heavy atom. The Balaban J connectivity index is 3.03. The van der Waals surface area contributed by atoms with E-state index in [0.29, 0.717) is 30.2 Å². The minimum absolute atomic E-state index is 0.372. The van der Waals surface area contributed by atoms with Gasteiger partial charge in [-0.05, 0) is 19.8 Å². The number of ether oxygens (including phenoxy) is 1. The molecule has 0 aromatic carbocycles. The molecule has 0 radical (unpaired) electrons. The second-order valence-electron chi connectivity index (χ2n) is 5.14. The van der Waals surface area contributed by atoms with E-state index < -0.39 is 0 Å². The van der Waals surface area contributed by atoms with Gasteiger partial charge in [-0.15, -0.1) is 0 Å². The topological polar surface area (TPSA) is 64.3 Å². The number of nitrogens with zero attached hydrogens (tertiary/aromatic N) is 3. The third-order valence-electron chi connectivity index (χ3n) is 2.53. The third-order valence-corrected chi connectivity index (χ3v) is 2.53. The summed E-state index contributed by atoms with van der Waals surface area (Å²) in [6, 6.07) is 2.19. The van der Waals surface area contributed by atoms with Crippen molar-refractivity contribution in [3.63, 3.8) is 0 Å². The molecule has 0 atom stereocenters. The summed E-state index contributed by atoms with van der Waals surface area (Å²) >= 11 is 0. The van der Waals surface area contributed by atoms with Gasteiger partial charge in [0.2, 0.25) is 0 Å². The molecule has 0 unspecified atom stereocenters. The van der Waals surface area contributed by atoms with Crippen LogP contribution >= 0.6 is 0 Å². The lowest BCUT2D eigenvalue weighted by molar-refractivity contribution is 0.178. The van der Waals surface area contributed by atoms with E-state index in [1.54, 1.807) is 7.11 Å². The largest absolute Gasteiger partial charge is 0.384 e. The molecule has 0 spiro atoms. The fraction of sp³-hybridized carbons (Fsp3) is 0.692. The molecule has 0 bridgehead atoms. The van der Waals surface area contributed by atoms with Crippen LogP contribution in [0.4, 0.5) is 11.6 Å². The molecule has 5 heteroatoms. The maximum absolute atomic E-state index is 5.83. The number of nitrogens with two attached hydrogens (primary N) is 1. The molecule has 2 N–H and O–H groups in total. The van der Waals surface area contributed by atoms with Crippen molar-refractivity contribution in [1.82, 2.24) is 9.97 Å². The van der Waals surface area contributed by atoms with Crippen molar-refractivity contribution in [2.45, 2.75) is 40.3 Å². The van der Waals surface area contributed by atoms with Crippen molar-refractivity contribution >= 4 is 11.6 Å².